The second kappa shape index (κ2) is 8.84. The predicted molar refractivity (Wildman–Crippen MR) is 121 cm³/mol. The van der Waals surface area contributed by atoms with Crippen molar-refractivity contribution in [2.45, 2.75) is 19.9 Å². The van der Waals surface area contributed by atoms with Gasteiger partial charge in [-0.3, -0.25) is 9.36 Å². The molecule has 2 heterocycles. The summed E-state index contributed by atoms with van der Waals surface area (Å²) < 4.78 is 12.6. The number of carbonyl (C=O) groups excluding carboxylic acids is 1. The van der Waals surface area contributed by atoms with Gasteiger partial charge in [-0.2, -0.15) is 0 Å². The fourth-order valence-corrected chi connectivity index (χ4v) is 4.71. The third kappa shape index (κ3) is 3.85. The van der Waals surface area contributed by atoms with Crippen LogP contribution >= 0.6 is 11.3 Å². The molecule has 7 nitrogen and oxygen atoms in total. The van der Waals surface area contributed by atoms with Crippen molar-refractivity contribution in [3.8, 4) is 11.5 Å². The van der Waals surface area contributed by atoms with Gasteiger partial charge < -0.3 is 14.6 Å². The Morgan fingerprint density at radius 2 is 2.03 bits per heavy atom. The second-order valence-electron chi connectivity index (χ2n) is 7.14. The number of esters is 1. The summed E-state index contributed by atoms with van der Waals surface area (Å²) in [4.78, 5) is 31.4. The van der Waals surface area contributed by atoms with E-state index in [1.807, 2.05) is 12.1 Å². The van der Waals surface area contributed by atoms with Crippen molar-refractivity contribution in [3.63, 3.8) is 0 Å². The lowest BCUT2D eigenvalue weighted by Gasteiger charge is -2.25. The van der Waals surface area contributed by atoms with Gasteiger partial charge in [0.2, 0.25) is 0 Å². The molecule has 164 valence electrons. The highest BCUT2D eigenvalue weighted by Crippen LogP contribution is 2.32. The monoisotopic (exact) mass is 450 g/mol. The third-order valence-corrected chi connectivity index (χ3v) is 6.13. The van der Waals surface area contributed by atoms with Crippen LogP contribution in [-0.4, -0.2) is 29.4 Å². The first-order chi connectivity index (χ1) is 15.4. The number of rotatable bonds is 5. The van der Waals surface area contributed by atoms with Crippen molar-refractivity contribution in [2.24, 2.45) is 4.99 Å². The van der Waals surface area contributed by atoms with Crippen molar-refractivity contribution >= 4 is 23.4 Å². The highest BCUT2D eigenvalue weighted by Gasteiger charge is 2.33. The van der Waals surface area contributed by atoms with E-state index in [-0.39, 0.29) is 17.9 Å². The van der Waals surface area contributed by atoms with Gasteiger partial charge in [0.1, 0.15) is 11.5 Å². The molecule has 1 aliphatic heterocycles. The summed E-state index contributed by atoms with van der Waals surface area (Å²) >= 11 is 1.20. The van der Waals surface area contributed by atoms with Gasteiger partial charge in [0.25, 0.3) is 5.56 Å². The average molecular weight is 451 g/mol. The molecule has 0 fully saturated rings. The number of carbonyl (C=O) groups is 1. The largest absolute Gasteiger partial charge is 0.507 e. The van der Waals surface area contributed by atoms with Gasteiger partial charge >= 0.3 is 5.97 Å². The van der Waals surface area contributed by atoms with Crippen LogP contribution in [0.1, 0.15) is 31.0 Å². The number of ether oxygens (including phenoxy) is 2. The summed E-state index contributed by atoms with van der Waals surface area (Å²) in [5, 5.41) is 10.1. The SMILES string of the molecule is CCOC(=O)C1=C(C)N=c2s/c(=C\c3ccccc3O)c(=O)n2[C@H]1c1cccc(OC)c1. The molecule has 0 bridgehead atoms. The summed E-state index contributed by atoms with van der Waals surface area (Å²) in [6.45, 7) is 3.67. The van der Waals surface area contributed by atoms with Crippen LogP contribution in [0.2, 0.25) is 0 Å². The lowest BCUT2D eigenvalue weighted by Crippen LogP contribution is -2.39. The van der Waals surface area contributed by atoms with Gasteiger partial charge in [-0.1, -0.05) is 41.7 Å². The predicted octanol–water partition coefficient (Wildman–Crippen LogP) is 2.51. The summed E-state index contributed by atoms with van der Waals surface area (Å²) in [7, 11) is 1.56. The van der Waals surface area contributed by atoms with E-state index in [1.54, 1.807) is 63.4 Å². The molecule has 0 amide bonds. The van der Waals surface area contributed by atoms with Crippen LogP contribution in [0.25, 0.3) is 6.08 Å². The van der Waals surface area contributed by atoms with Crippen LogP contribution in [0.3, 0.4) is 0 Å². The second-order valence-corrected chi connectivity index (χ2v) is 8.15. The number of phenolic OH excluding ortho intramolecular Hbond substituents is 1. The Labute approximate surface area is 188 Å². The molecule has 0 saturated heterocycles. The molecular formula is C24H22N2O5S. The molecule has 2 aromatic carbocycles. The molecule has 4 rings (SSSR count). The van der Waals surface area contributed by atoms with E-state index in [1.165, 1.54) is 15.9 Å². The minimum atomic E-state index is -0.716. The maximum absolute atomic E-state index is 13.5. The van der Waals surface area contributed by atoms with Gasteiger partial charge in [0, 0.05) is 5.56 Å². The van der Waals surface area contributed by atoms with Gasteiger partial charge in [-0.15, -0.1) is 0 Å². The molecule has 0 unspecified atom stereocenters. The number of nitrogens with zero attached hydrogens (tertiary/aromatic N) is 2. The van der Waals surface area contributed by atoms with E-state index < -0.39 is 12.0 Å². The first kappa shape index (κ1) is 21.6. The Morgan fingerprint density at radius 3 is 2.75 bits per heavy atom. The Bertz CT molecular complexity index is 1400. The summed E-state index contributed by atoms with van der Waals surface area (Å²) in [5.74, 6) is 0.166. The van der Waals surface area contributed by atoms with Crippen LogP contribution in [0, 0.1) is 0 Å². The average Bonchev–Trinajstić information content (AvgIpc) is 3.09. The van der Waals surface area contributed by atoms with Crippen LogP contribution in [0.4, 0.5) is 0 Å². The normalized spacial score (nSPS) is 15.8. The molecule has 1 N–H and O–H groups in total. The van der Waals surface area contributed by atoms with Gasteiger partial charge in [-0.25, -0.2) is 9.79 Å². The van der Waals surface area contributed by atoms with E-state index in [0.717, 1.165) is 0 Å². The molecule has 0 aliphatic carbocycles. The Balaban J connectivity index is 1.98. The van der Waals surface area contributed by atoms with E-state index in [2.05, 4.69) is 4.99 Å². The molecule has 8 heteroatoms. The number of fused-ring (bicyclic) bond motifs is 1. The highest BCUT2D eigenvalue weighted by atomic mass is 32.1. The molecule has 32 heavy (non-hydrogen) atoms. The Morgan fingerprint density at radius 1 is 1.25 bits per heavy atom. The Hall–Kier alpha value is -3.65. The lowest BCUT2D eigenvalue weighted by molar-refractivity contribution is -0.139. The summed E-state index contributed by atoms with van der Waals surface area (Å²) in [6, 6.07) is 13.3. The zero-order valence-corrected chi connectivity index (χ0v) is 18.7. The number of aromatic hydroxyl groups is 1. The first-order valence-corrected chi connectivity index (χ1v) is 10.9. The molecule has 1 aromatic heterocycles. The number of benzene rings is 2. The Kier molecular flexibility index (Phi) is 5.96. The molecule has 3 aromatic rings. The fourth-order valence-electron chi connectivity index (χ4n) is 3.67. The number of methoxy groups -OCH3 is 1. The number of thiazole rings is 1. The molecule has 1 atom stereocenters. The zero-order chi connectivity index (χ0) is 22.8. The first-order valence-electron chi connectivity index (χ1n) is 10.1. The minimum absolute atomic E-state index is 0.0751. The lowest BCUT2D eigenvalue weighted by atomic mass is 9.95. The molecule has 0 saturated carbocycles. The standard InChI is InChI=1S/C24H22N2O5S/c1-4-31-23(29)20-14(2)25-24-26(21(20)16-9-7-10-17(12-16)30-3)22(28)19(32-24)13-15-8-5-6-11-18(15)27/h5-13,21,27H,4H2,1-3H3/b19-13-/t21-/m0/s1. The van der Waals surface area contributed by atoms with Crippen molar-refractivity contribution in [1.82, 2.24) is 4.57 Å². The van der Waals surface area contributed by atoms with Crippen LogP contribution in [0.5, 0.6) is 11.5 Å². The highest BCUT2D eigenvalue weighted by molar-refractivity contribution is 7.07. The van der Waals surface area contributed by atoms with Gasteiger partial charge in [-0.05, 0) is 43.7 Å². The van der Waals surface area contributed by atoms with Crippen molar-refractivity contribution in [1.29, 1.82) is 0 Å². The maximum Gasteiger partial charge on any atom is 0.338 e. The summed E-state index contributed by atoms with van der Waals surface area (Å²) in [6.07, 6.45) is 1.63. The van der Waals surface area contributed by atoms with E-state index >= 15 is 0 Å². The van der Waals surface area contributed by atoms with Gasteiger partial charge in [0.05, 0.1) is 35.6 Å². The smallest absolute Gasteiger partial charge is 0.338 e. The molecule has 0 spiro atoms. The quantitative estimate of drug-likeness (QED) is 0.604. The fraction of sp³-hybridized carbons (Fsp3) is 0.208. The number of hydrogen-bond acceptors (Lipinski definition) is 7. The topological polar surface area (TPSA) is 90.1 Å². The van der Waals surface area contributed by atoms with Crippen molar-refractivity contribution in [3.05, 3.63) is 90.6 Å². The van der Waals surface area contributed by atoms with Gasteiger partial charge in [0.15, 0.2) is 4.80 Å². The third-order valence-electron chi connectivity index (χ3n) is 5.15. The number of aromatic nitrogens is 1. The minimum Gasteiger partial charge on any atom is -0.507 e. The number of allylic oxidation sites excluding steroid dienone is 1. The molecule has 0 radical (unpaired) electrons. The number of hydrogen-bond donors (Lipinski definition) is 1. The molecule has 1 aliphatic rings. The zero-order valence-electron chi connectivity index (χ0n) is 17.9. The van der Waals surface area contributed by atoms with E-state index in [4.69, 9.17) is 9.47 Å². The van der Waals surface area contributed by atoms with Crippen molar-refractivity contribution in [2.75, 3.05) is 13.7 Å². The van der Waals surface area contributed by atoms with Crippen LogP contribution in [-0.2, 0) is 9.53 Å². The number of para-hydroxylation sites is 1. The molecular weight excluding hydrogens is 428 g/mol. The van der Waals surface area contributed by atoms with Crippen LogP contribution in [0.15, 0.2) is 69.6 Å². The van der Waals surface area contributed by atoms with E-state index in [0.29, 0.717) is 37.5 Å². The summed E-state index contributed by atoms with van der Waals surface area (Å²) in [5.41, 5.74) is 1.72. The van der Waals surface area contributed by atoms with E-state index in [9.17, 15) is 14.7 Å². The number of phenols is 1. The van der Waals surface area contributed by atoms with Crippen LogP contribution < -0.4 is 19.6 Å². The maximum atomic E-state index is 13.5. The van der Waals surface area contributed by atoms with Crippen molar-refractivity contribution < 1.29 is 19.4 Å².